The van der Waals surface area contributed by atoms with E-state index in [2.05, 4.69) is 20.3 Å². The maximum absolute atomic E-state index is 12.4. The van der Waals surface area contributed by atoms with Crippen molar-refractivity contribution in [3.63, 3.8) is 0 Å². The zero-order valence-electron chi connectivity index (χ0n) is 14.4. The fraction of sp³-hybridized carbons (Fsp3) is 0.389. The van der Waals surface area contributed by atoms with Crippen molar-refractivity contribution >= 4 is 23.0 Å². The SMILES string of the molecule is Cc1cc(C(=O)NC2CCCN(c3nc4ccccc4o3)C2)nn1C. The van der Waals surface area contributed by atoms with Crippen LogP contribution in [-0.4, -0.2) is 39.8 Å². The van der Waals surface area contributed by atoms with E-state index in [1.165, 1.54) is 0 Å². The standard InChI is InChI=1S/C18H21N5O2/c1-12-10-15(21-22(12)2)17(24)19-13-6-5-9-23(11-13)18-20-14-7-3-4-8-16(14)25-18/h3-4,7-8,10,13H,5-6,9,11H2,1-2H3,(H,19,24). The summed E-state index contributed by atoms with van der Waals surface area (Å²) in [5, 5.41) is 7.33. The van der Waals surface area contributed by atoms with Crippen molar-refractivity contribution in [3.8, 4) is 0 Å². The minimum Gasteiger partial charge on any atom is -0.423 e. The minimum absolute atomic E-state index is 0.0542. The Labute approximate surface area is 145 Å². The van der Waals surface area contributed by atoms with Crippen LogP contribution in [0.15, 0.2) is 34.7 Å². The number of hydrogen-bond acceptors (Lipinski definition) is 5. The van der Waals surface area contributed by atoms with E-state index >= 15 is 0 Å². The average molecular weight is 339 g/mol. The van der Waals surface area contributed by atoms with E-state index in [1.54, 1.807) is 10.7 Å². The molecule has 130 valence electrons. The lowest BCUT2D eigenvalue weighted by Gasteiger charge is -2.31. The molecule has 1 fully saturated rings. The highest BCUT2D eigenvalue weighted by Crippen LogP contribution is 2.24. The molecule has 3 heterocycles. The van der Waals surface area contributed by atoms with Crippen molar-refractivity contribution in [3.05, 3.63) is 41.7 Å². The minimum atomic E-state index is -0.131. The van der Waals surface area contributed by atoms with Gasteiger partial charge >= 0.3 is 0 Å². The number of para-hydroxylation sites is 2. The van der Waals surface area contributed by atoms with Crippen LogP contribution in [0.1, 0.15) is 29.0 Å². The summed E-state index contributed by atoms with van der Waals surface area (Å²) in [5.74, 6) is -0.131. The molecular weight excluding hydrogens is 318 g/mol. The lowest BCUT2D eigenvalue weighted by molar-refractivity contribution is 0.0927. The second kappa shape index (κ2) is 6.23. The number of carbonyl (C=O) groups is 1. The van der Waals surface area contributed by atoms with Crippen molar-refractivity contribution in [2.45, 2.75) is 25.8 Å². The first kappa shape index (κ1) is 15.7. The molecule has 0 spiro atoms. The number of carbonyl (C=O) groups excluding carboxylic acids is 1. The summed E-state index contributed by atoms with van der Waals surface area (Å²) in [7, 11) is 1.84. The first-order chi connectivity index (χ1) is 12.1. The Hall–Kier alpha value is -2.83. The number of anilines is 1. The van der Waals surface area contributed by atoms with Gasteiger partial charge in [0.2, 0.25) is 0 Å². The van der Waals surface area contributed by atoms with E-state index in [9.17, 15) is 4.79 Å². The molecule has 1 aromatic carbocycles. The molecule has 1 N–H and O–H groups in total. The van der Waals surface area contributed by atoms with Crippen LogP contribution in [0.4, 0.5) is 6.01 Å². The van der Waals surface area contributed by atoms with E-state index in [4.69, 9.17) is 4.42 Å². The number of rotatable bonds is 3. The molecule has 7 nitrogen and oxygen atoms in total. The number of benzene rings is 1. The quantitative estimate of drug-likeness (QED) is 0.792. The van der Waals surface area contributed by atoms with Gasteiger partial charge in [-0.3, -0.25) is 9.48 Å². The molecule has 0 aliphatic carbocycles. The Balaban J connectivity index is 1.46. The first-order valence-electron chi connectivity index (χ1n) is 8.52. The van der Waals surface area contributed by atoms with E-state index in [1.807, 2.05) is 38.2 Å². The van der Waals surface area contributed by atoms with Gasteiger partial charge in [-0.2, -0.15) is 10.1 Å². The number of oxazole rings is 1. The maximum atomic E-state index is 12.4. The van der Waals surface area contributed by atoms with Crippen molar-refractivity contribution in [2.24, 2.45) is 7.05 Å². The highest BCUT2D eigenvalue weighted by molar-refractivity contribution is 5.92. The second-order valence-electron chi connectivity index (χ2n) is 6.52. The zero-order chi connectivity index (χ0) is 17.4. The third kappa shape index (κ3) is 3.09. The van der Waals surface area contributed by atoms with E-state index in [-0.39, 0.29) is 11.9 Å². The van der Waals surface area contributed by atoms with Gasteiger partial charge in [-0.15, -0.1) is 0 Å². The number of hydrogen-bond donors (Lipinski definition) is 1. The Morgan fingerprint density at radius 2 is 2.20 bits per heavy atom. The van der Waals surface area contributed by atoms with Gasteiger partial charge in [0, 0.05) is 31.9 Å². The van der Waals surface area contributed by atoms with Crippen LogP contribution in [0.2, 0.25) is 0 Å². The number of nitrogens with one attached hydrogen (secondary N) is 1. The number of amides is 1. The molecule has 1 atom stereocenters. The van der Waals surface area contributed by atoms with Gasteiger partial charge in [-0.05, 0) is 38.0 Å². The molecular formula is C18H21N5O2. The molecule has 1 amide bonds. The molecule has 1 aliphatic rings. The molecule has 4 rings (SSSR count). The fourth-order valence-electron chi connectivity index (χ4n) is 3.19. The number of fused-ring (bicyclic) bond motifs is 1. The third-order valence-electron chi connectivity index (χ3n) is 4.66. The van der Waals surface area contributed by atoms with Crippen molar-refractivity contribution in [2.75, 3.05) is 18.0 Å². The number of aromatic nitrogens is 3. The summed E-state index contributed by atoms with van der Waals surface area (Å²) in [6, 6.07) is 10.2. The Kier molecular flexibility index (Phi) is 3.91. The monoisotopic (exact) mass is 339 g/mol. The van der Waals surface area contributed by atoms with Crippen molar-refractivity contribution in [1.82, 2.24) is 20.1 Å². The Morgan fingerprint density at radius 1 is 1.36 bits per heavy atom. The predicted molar refractivity (Wildman–Crippen MR) is 94.7 cm³/mol. The van der Waals surface area contributed by atoms with Crippen LogP contribution in [0.25, 0.3) is 11.1 Å². The van der Waals surface area contributed by atoms with Gasteiger partial charge in [-0.25, -0.2) is 0 Å². The summed E-state index contributed by atoms with van der Waals surface area (Å²) in [5.41, 5.74) is 3.06. The van der Waals surface area contributed by atoms with Crippen LogP contribution < -0.4 is 10.2 Å². The third-order valence-corrected chi connectivity index (χ3v) is 4.66. The fourth-order valence-corrected chi connectivity index (χ4v) is 3.19. The smallest absolute Gasteiger partial charge is 0.298 e. The largest absolute Gasteiger partial charge is 0.423 e. The van der Waals surface area contributed by atoms with E-state index < -0.39 is 0 Å². The van der Waals surface area contributed by atoms with Gasteiger partial charge in [0.25, 0.3) is 11.9 Å². The summed E-state index contributed by atoms with van der Waals surface area (Å²) in [6.45, 7) is 3.49. The highest BCUT2D eigenvalue weighted by atomic mass is 16.4. The number of aryl methyl sites for hydroxylation is 2. The lowest BCUT2D eigenvalue weighted by Crippen LogP contribution is -2.48. The normalized spacial score (nSPS) is 17.8. The zero-order valence-corrected chi connectivity index (χ0v) is 14.4. The second-order valence-corrected chi connectivity index (χ2v) is 6.52. The number of nitrogens with zero attached hydrogens (tertiary/aromatic N) is 4. The summed E-state index contributed by atoms with van der Waals surface area (Å²) >= 11 is 0. The molecule has 0 radical (unpaired) electrons. The summed E-state index contributed by atoms with van der Waals surface area (Å²) in [4.78, 5) is 19.1. The van der Waals surface area contributed by atoms with Crippen LogP contribution in [0.3, 0.4) is 0 Å². The van der Waals surface area contributed by atoms with Crippen LogP contribution >= 0.6 is 0 Å². The maximum Gasteiger partial charge on any atom is 0.298 e. The molecule has 3 aromatic rings. The van der Waals surface area contributed by atoms with Gasteiger partial charge < -0.3 is 14.6 Å². The molecule has 1 aliphatic heterocycles. The van der Waals surface area contributed by atoms with E-state index in [0.717, 1.165) is 36.2 Å². The molecule has 7 heteroatoms. The molecule has 25 heavy (non-hydrogen) atoms. The van der Waals surface area contributed by atoms with Crippen LogP contribution in [0.5, 0.6) is 0 Å². The average Bonchev–Trinajstić information content (AvgIpc) is 3.19. The topological polar surface area (TPSA) is 76.2 Å². The summed E-state index contributed by atoms with van der Waals surface area (Å²) in [6.07, 6.45) is 1.92. The highest BCUT2D eigenvalue weighted by Gasteiger charge is 2.25. The predicted octanol–water partition coefficient (Wildman–Crippen LogP) is 2.27. The molecule has 0 saturated carbocycles. The van der Waals surface area contributed by atoms with Crippen LogP contribution in [-0.2, 0) is 7.05 Å². The molecule has 0 bridgehead atoms. The Morgan fingerprint density at radius 3 is 2.96 bits per heavy atom. The van der Waals surface area contributed by atoms with E-state index in [0.29, 0.717) is 18.3 Å². The van der Waals surface area contributed by atoms with Gasteiger partial charge in [-0.1, -0.05) is 12.1 Å². The van der Waals surface area contributed by atoms with Gasteiger partial charge in [0.1, 0.15) is 11.2 Å². The molecule has 2 aromatic heterocycles. The van der Waals surface area contributed by atoms with Crippen LogP contribution in [0, 0.1) is 6.92 Å². The number of piperidine rings is 1. The lowest BCUT2D eigenvalue weighted by atomic mass is 10.1. The summed E-state index contributed by atoms with van der Waals surface area (Å²) < 4.78 is 7.56. The Bertz CT molecular complexity index is 861. The molecule has 1 unspecified atom stereocenters. The van der Waals surface area contributed by atoms with Crippen molar-refractivity contribution < 1.29 is 9.21 Å². The first-order valence-corrected chi connectivity index (χ1v) is 8.52. The van der Waals surface area contributed by atoms with Gasteiger partial charge in [0.15, 0.2) is 5.58 Å². The van der Waals surface area contributed by atoms with Gasteiger partial charge in [0.05, 0.1) is 0 Å². The van der Waals surface area contributed by atoms with Crippen molar-refractivity contribution in [1.29, 1.82) is 0 Å². The molecule has 1 saturated heterocycles.